The van der Waals surface area contributed by atoms with Crippen molar-refractivity contribution in [1.29, 1.82) is 0 Å². The molecule has 0 saturated carbocycles. The third-order valence-corrected chi connectivity index (χ3v) is 3.04. The fourth-order valence-electron chi connectivity index (χ4n) is 1.89. The number of nitrogens with one attached hydrogen (secondary N) is 2. The average molecular weight is 338 g/mol. The number of furan rings is 1. The minimum absolute atomic E-state index is 0. The Morgan fingerprint density at radius 1 is 1.17 bits per heavy atom. The second-order valence-corrected chi connectivity index (χ2v) is 4.80. The van der Waals surface area contributed by atoms with Crippen molar-refractivity contribution in [3.05, 3.63) is 53.5 Å². The molecule has 0 fully saturated rings. The van der Waals surface area contributed by atoms with Gasteiger partial charge in [-0.2, -0.15) is 0 Å². The summed E-state index contributed by atoms with van der Waals surface area (Å²) in [6.07, 6.45) is 2.22. The van der Waals surface area contributed by atoms with Gasteiger partial charge in [0, 0.05) is 17.8 Å². The van der Waals surface area contributed by atoms with Gasteiger partial charge in [0.25, 0.3) is 11.8 Å². The maximum Gasteiger partial charge on any atom is 0.258 e. The Morgan fingerprint density at radius 2 is 1.96 bits per heavy atom. The van der Waals surface area contributed by atoms with Crippen molar-refractivity contribution in [2.24, 2.45) is 5.73 Å². The van der Waals surface area contributed by atoms with Crippen molar-refractivity contribution in [2.45, 2.75) is 19.9 Å². The molecule has 0 saturated heterocycles. The highest BCUT2D eigenvalue weighted by Crippen LogP contribution is 2.14. The van der Waals surface area contributed by atoms with E-state index in [4.69, 9.17) is 10.2 Å². The summed E-state index contributed by atoms with van der Waals surface area (Å²) in [6.45, 7) is 2.84. The van der Waals surface area contributed by atoms with Gasteiger partial charge in [-0.25, -0.2) is 0 Å². The number of carbonyl (C=O) groups is 2. The van der Waals surface area contributed by atoms with Gasteiger partial charge in [0.1, 0.15) is 12.0 Å². The quantitative estimate of drug-likeness (QED) is 0.754. The van der Waals surface area contributed by atoms with Crippen LogP contribution >= 0.6 is 12.4 Å². The van der Waals surface area contributed by atoms with Crippen molar-refractivity contribution in [1.82, 2.24) is 5.32 Å². The summed E-state index contributed by atoms with van der Waals surface area (Å²) in [6, 6.07) is 8.36. The monoisotopic (exact) mass is 337 g/mol. The first-order chi connectivity index (χ1) is 10.6. The van der Waals surface area contributed by atoms with E-state index < -0.39 is 0 Å². The van der Waals surface area contributed by atoms with E-state index in [1.54, 1.807) is 30.3 Å². The molecule has 1 heterocycles. The van der Waals surface area contributed by atoms with Crippen molar-refractivity contribution in [3.63, 3.8) is 0 Å². The molecule has 1 aromatic carbocycles. The summed E-state index contributed by atoms with van der Waals surface area (Å²) in [5.74, 6) is 0.0686. The highest BCUT2D eigenvalue weighted by atomic mass is 35.5. The van der Waals surface area contributed by atoms with Gasteiger partial charge in [0.15, 0.2) is 0 Å². The third-order valence-electron chi connectivity index (χ3n) is 3.04. The predicted octanol–water partition coefficient (Wildman–Crippen LogP) is 2.55. The van der Waals surface area contributed by atoms with E-state index in [1.165, 1.54) is 6.26 Å². The van der Waals surface area contributed by atoms with Crippen LogP contribution in [0, 0.1) is 0 Å². The molecule has 0 aliphatic heterocycles. The number of nitrogens with two attached hydrogens (primary N) is 1. The molecule has 0 aliphatic carbocycles. The van der Waals surface area contributed by atoms with Gasteiger partial charge in [-0.15, -0.1) is 12.4 Å². The van der Waals surface area contributed by atoms with Gasteiger partial charge in [-0.1, -0.05) is 13.0 Å². The van der Waals surface area contributed by atoms with Crippen LogP contribution in [0.15, 0.2) is 41.0 Å². The van der Waals surface area contributed by atoms with E-state index in [9.17, 15) is 9.59 Å². The molecule has 2 amide bonds. The molecular weight excluding hydrogens is 318 g/mol. The summed E-state index contributed by atoms with van der Waals surface area (Å²) in [5.41, 5.74) is 6.88. The third kappa shape index (κ3) is 5.12. The first-order valence-electron chi connectivity index (χ1n) is 7.11. The Kier molecular flexibility index (Phi) is 7.31. The topological polar surface area (TPSA) is 97.4 Å². The molecule has 4 N–H and O–H groups in total. The van der Waals surface area contributed by atoms with Crippen molar-refractivity contribution in [3.8, 4) is 0 Å². The van der Waals surface area contributed by atoms with Crippen molar-refractivity contribution in [2.75, 3.05) is 11.9 Å². The predicted molar refractivity (Wildman–Crippen MR) is 90.9 cm³/mol. The molecule has 7 heteroatoms. The number of hydrogen-bond acceptors (Lipinski definition) is 4. The van der Waals surface area contributed by atoms with Crippen LogP contribution in [0.2, 0.25) is 0 Å². The van der Waals surface area contributed by atoms with Crippen LogP contribution in [0.4, 0.5) is 5.69 Å². The molecular formula is C16H20ClN3O3. The standard InChI is InChI=1S/C16H19N3O3.ClH/c1-2-6-18-15(20)11-4-3-5-13(7-11)19-16(21)12-8-14(9-17)22-10-12;/h3-5,7-8,10H,2,6,9,17H2,1H3,(H,18,20)(H,19,21);1H. The van der Waals surface area contributed by atoms with E-state index in [2.05, 4.69) is 10.6 Å². The molecule has 23 heavy (non-hydrogen) atoms. The van der Waals surface area contributed by atoms with Crippen molar-refractivity contribution < 1.29 is 14.0 Å². The lowest BCUT2D eigenvalue weighted by molar-refractivity contribution is 0.0952. The van der Waals surface area contributed by atoms with E-state index in [0.29, 0.717) is 29.1 Å². The second kappa shape index (κ2) is 8.97. The molecule has 124 valence electrons. The smallest absolute Gasteiger partial charge is 0.258 e. The Labute approximate surface area is 140 Å². The van der Waals surface area contributed by atoms with Crippen molar-refractivity contribution >= 4 is 29.9 Å². The van der Waals surface area contributed by atoms with Gasteiger partial charge in [-0.3, -0.25) is 9.59 Å². The molecule has 0 bridgehead atoms. The lowest BCUT2D eigenvalue weighted by Crippen LogP contribution is -2.24. The lowest BCUT2D eigenvalue weighted by Gasteiger charge is -2.07. The number of hydrogen-bond donors (Lipinski definition) is 3. The molecule has 2 rings (SSSR count). The van der Waals surface area contributed by atoms with Crippen LogP contribution in [0.5, 0.6) is 0 Å². The van der Waals surface area contributed by atoms with E-state index in [0.717, 1.165) is 6.42 Å². The fraction of sp³-hybridized carbons (Fsp3) is 0.250. The minimum Gasteiger partial charge on any atom is -0.467 e. The number of carbonyl (C=O) groups excluding carboxylic acids is 2. The van der Waals surface area contributed by atoms with Gasteiger partial charge in [0.2, 0.25) is 0 Å². The summed E-state index contributed by atoms with van der Waals surface area (Å²) >= 11 is 0. The zero-order chi connectivity index (χ0) is 15.9. The lowest BCUT2D eigenvalue weighted by atomic mass is 10.1. The van der Waals surface area contributed by atoms with Crippen LogP contribution < -0.4 is 16.4 Å². The molecule has 1 aromatic heterocycles. The van der Waals surface area contributed by atoms with Crippen LogP contribution in [-0.2, 0) is 6.54 Å². The Bertz CT molecular complexity index is 670. The van der Waals surface area contributed by atoms with E-state index in [1.807, 2.05) is 6.92 Å². The Hall–Kier alpha value is -2.31. The molecule has 0 unspecified atom stereocenters. The normalized spacial score (nSPS) is 9.83. The molecule has 2 aromatic rings. The summed E-state index contributed by atoms with van der Waals surface area (Å²) in [4.78, 5) is 24.0. The van der Waals surface area contributed by atoms with Gasteiger partial charge in [0.05, 0.1) is 12.1 Å². The van der Waals surface area contributed by atoms with Gasteiger partial charge >= 0.3 is 0 Å². The van der Waals surface area contributed by atoms with Crippen LogP contribution in [0.1, 0.15) is 39.8 Å². The first kappa shape index (κ1) is 18.7. The van der Waals surface area contributed by atoms with Gasteiger partial charge < -0.3 is 20.8 Å². The molecule has 0 radical (unpaired) electrons. The number of halogens is 1. The first-order valence-corrected chi connectivity index (χ1v) is 7.11. The SMILES string of the molecule is CCCNC(=O)c1cccc(NC(=O)c2coc(CN)c2)c1.Cl. The fourth-order valence-corrected chi connectivity index (χ4v) is 1.89. The second-order valence-electron chi connectivity index (χ2n) is 4.80. The summed E-state index contributed by atoms with van der Waals surface area (Å²) < 4.78 is 5.13. The number of anilines is 1. The summed E-state index contributed by atoms with van der Waals surface area (Å²) in [7, 11) is 0. The van der Waals surface area contributed by atoms with Crippen LogP contribution in [0.25, 0.3) is 0 Å². The van der Waals surface area contributed by atoms with E-state index >= 15 is 0 Å². The molecule has 0 spiro atoms. The molecule has 0 atom stereocenters. The minimum atomic E-state index is -0.311. The highest BCUT2D eigenvalue weighted by Gasteiger charge is 2.11. The Balaban J connectivity index is 0.00000264. The van der Waals surface area contributed by atoms with Crippen LogP contribution in [0.3, 0.4) is 0 Å². The number of benzene rings is 1. The maximum atomic E-state index is 12.1. The number of rotatable bonds is 6. The molecule has 6 nitrogen and oxygen atoms in total. The number of amides is 2. The zero-order valence-electron chi connectivity index (χ0n) is 12.8. The summed E-state index contributed by atoms with van der Waals surface area (Å²) in [5, 5.41) is 5.52. The average Bonchev–Trinajstić information content (AvgIpc) is 3.02. The zero-order valence-corrected chi connectivity index (χ0v) is 13.6. The largest absolute Gasteiger partial charge is 0.467 e. The molecule has 0 aliphatic rings. The Morgan fingerprint density at radius 3 is 2.61 bits per heavy atom. The maximum absolute atomic E-state index is 12.1. The highest BCUT2D eigenvalue weighted by molar-refractivity contribution is 6.05. The van der Waals surface area contributed by atoms with Gasteiger partial charge in [-0.05, 0) is 30.7 Å². The van der Waals surface area contributed by atoms with E-state index in [-0.39, 0.29) is 30.8 Å². The van der Waals surface area contributed by atoms with Crippen LogP contribution in [-0.4, -0.2) is 18.4 Å².